The van der Waals surface area contributed by atoms with Crippen LogP contribution in [0.3, 0.4) is 0 Å². The minimum atomic E-state index is 0.0367. The first kappa shape index (κ1) is 13.2. The normalized spacial score (nSPS) is 9.74. The number of ether oxygens (including phenoxy) is 1. The SMILES string of the molecule is CC(=O)c1ccc(NC(=S)Oc2ccccc2)cc1. The summed E-state index contributed by atoms with van der Waals surface area (Å²) in [6.07, 6.45) is 0. The zero-order valence-electron chi connectivity index (χ0n) is 10.4. The second-order valence-electron chi connectivity index (χ2n) is 3.96. The van der Waals surface area contributed by atoms with Gasteiger partial charge in [-0.15, -0.1) is 0 Å². The lowest BCUT2D eigenvalue weighted by molar-refractivity contribution is 0.101. The molecule has 0 aliphatic carbocycles. The third-order valence-corrected chi connectivity index (χ3v) is 2.68. The summed E-state index contributed by atoms with van der Waals surface area (Å²) >= 11 is 5.10. The van der Waals surface area contributed by atoms with E-state index in [0.29, 0.717) is 11.3 Å². The first-order valence-electron chi connectivity index (χ1n) is 5.80. The van der Waals surface area contributed by atoms with Gasteiger partial charge in [0.05, 0.1) is 0 Å². The molecule has 2 aromatic rings. The van der Waals surface area contributed by atoms with Crippen LogP contribution in [-0.4, -0.2) is 11.0 Å². The predicted octanol–water partition coefficient (Wildman–Crippen LogP) is 3.67. The third-order valence-electron chi connectivity index (χ3n) is 2.49. The molecule has 0 unspecified atom stereocenters. The van der Waals surface area contributed by atoms with Crippen molar-refractivity contribution < 1.29 is 9.53 Å². The highest BCUT2D eigenvalue weighted by Gasteiger charge is 2.02. The predicted molar refractivity (Wildman–Crippen MR) is 79.7 cm³/mol. The highest BCUT2D eigenvalue weighted by Crippen LogP contribution is 2.13. The van der Waals surface area contributed by atoms with Gasteiger partial charge in [0.25, 0.3) is 5.17 Å². The summed E-state index contributed by atoms with van der Waals surface area (Å²) in [5.41, 5.74) is 1.45. The number of para-hydroxylation sites is 1. The molecule has 0 aromatic heterocycles. The van der Waals surface area contributed by atoms with Gasteiger partial charge >= 0.3 is 0 Å². The largest absolute Gasteiger partial charge is 0.432 e. The van der Waals surface area contributed by atoms with Crippen molar-refractivity contribution in [2.45, 2.75) is 6.92 Å². The van der Waals surface area contributed by atoms with Crippen LogP contribution < -0.4 is 10.1 Å². The average Bonchev–Trinajstić information content (AvgIpc) is 2.40. The second-order valence-corrected chi connectivity index (χ2v) is 4.33. The van der Waals surface area contributed by atoms with E-state index in [1.165, 1.54) is 6.92 Å². The van der Waals surface area contributed by atoms with Crippen molar-refractivity contribution in [3.05, 3.63) is 60.2 Å². The molecule has 0 atom stereocenters. The number of hydrogen-bond donors (Lipinski definition) is 1. The number of ketones is 1. The van der Waals surface area contributed by atoms with Crippen LogP contribution in [0.1, 0.15) is 17.3 Å². The highest BCUT2D eigenvalue weighted by molar-refractivity contribution is 7.80. The van der Waals surface area contributed by atoms with Gasteiger partial charge in [0.1, 0.15) is 5.75 Å². The highest BCUT2D eigenvalue weighted by atomic mass is 32.1. The smallest absolute Gasteiger partial charge is 0.266 e. The van der Waals surface area contributed by atoms with Gasteiger partial charge in [-0.3, -0.25) is 4.79 Å². The second kappa shape index (κ2) is 6.11. The molecule has 0 aliphatic heterocycles. The molecule has 0 radical (unpaired) electrons. The number of benzene rings is 2. The van der Waals surface area contributed by atoms with Crippen LogP contribution >= 0.6 is 12.2 Å². The number of Topliss-reactive ketones (excluding diaryl/α,β-unsaturated/α-hetero) is 1. The maximum Gasteiger partial charge on any atom is 0.266 e. The summed E-state index contributed by atoms with van der Waals surface area (Å²) in [6, 6.07) is 16.4. The van der Waals surface area contributed by atoms with Crippen molar-refractivity contribution >= 4 is 28.9 Å². The number of nitrogens with one attached hydrogen (secondary N) is 1. The van der Waals surface area contributed by atoms with Crippen LogP contribution in [0.2, 0.25) is 0 Å². The molecule has 0 bridgehead atoms. The number of anilines is 1. The van der Waals surface area contributed by atoms with Crippen molar-refractivity contribution in [2.75, 3.05) is 5.32 Å². The first-order valence-corrected chi connectivity index (χ1v) is 6.21. The number of hydrogen-bond acceptors (Lipinski definition) is 3. The third kappa shape index (κ3) is 3.89. The standard InChI is InChI=1S/C15H13NO2S/c1-11(17)12-7-9-13(10-8-12)16-15(19)18-14-5-3-2-4-6-14/h2-10H,1H3,(H,16,19). The zero-order valence-corrected chi connectivity index (χ0v) is 11.2. The van der Waals surface area contributed by atoms with E-state index >= 15 is 0 Å². The molecule has 4 heteroatoms. The number of thiocarbonyl (C=S) groups is 1. The van der Waals surface area contributed by atoms with Crippen LogP contribution in [-0.2, 0) is 0 Å². The Bertz CT molecular complexity index is 579. The van der Waals surface area contributed by atoms with Crippen molar-refractivity contribution in [1.29, 1.82) is 0 Å². The topological polar surface area (TPSA) is 38.3 Å². The van der Waals surface area contributed by atoms with Crippen molar-refractivity contribution in [2.24, 2.45) is 0 Å². The Morgan fingerprint density at radius 2 is 1.68 bits per heavy atom. The molecule has 0 aliphatic rings. The monoisotopic (exact) mass is 271 g/mol. The van der Waals surface area contributed by atoms with E-state index in [2.05, 4.69) is 5.32 Å². The molecular weight excluding hydrogens is 258 g/mol. The van der Waals surface area contributed by atoms with E-state index in [1.54, 1.807) is 24.3 Å². The molecule has 3 nitrogen and oxygen atoms in total. The molecule has 1 N–H and O–H groups in total. The van der Waals surface area contributed by atoms with Crippen LogP contribution in [0, 0.1) is 0 Å². The van der Waals surface area contributed by atoms with E-state index in [9.17, 15) is 4.79 Å². The van der Waals surface area contributed by atoms with Gasteiger partial charge in [-0.25, -0.2) is 0 Å². The minimum absolute atomic E-state index is 0.0367. The molecule has 0 heterocycles. The van der Waals surface area contributed by atoms with Crippen molar-refractivity contribution in [3.63, 3.8) is 0 Å². The molecule has 96 valence electrons. The lowest BCUT2D eigenvalue weighted by Gasteiger charge is -2.09. The molecule has 2 aromatic carbocycles. The van der Waals surface area contributed by atoms with Gasteiger partial charge in [-0.2, -0.15) is 0 Å². The number of carbonyl (C=O) groups excluding carboxylic acids is 1. The van der Waals surface area contributed by atoms with Gasteiger partial charge in [-0.1, -0.05) is 18.2 Å². The fourth-order valence-corrected chi connectivity index (χ4v) is 1.74. The summed E-state index contributed by atoms with van der Waals surface area (Å²) in [5, 5.41) is 3.22. The quantitative estimate of drug-likeness (QED) is 0.683. The summed E-state index contributed by atoms with van der Waals surface area (Å²) in [7, 11) is 0. The van der Waals surface area contributed by atoms with Gasteiger partial charge in [0, 0.05) is 11.3 Å². The van der Waals surface area contributed by atoms with E-state index in [1.807, 2.05) is 30.3 Å². The Morgan fingerprint density at radius 1 is 1.05 bits per heavy atom. The Labute approximate surface area is 117 Å². The Kier molecular flexibility index (Phi) is 4.26. The Hall–Kier alpha value is -2.20. The minimum Gasteiger partial charge on any atom is -0.432 e. The maximum atomic E-state index is 11.1. The molecule has 0 saturated heterocycles. The zero-order chi connectivity index (χ0) is 13.7. The molecule has 0 spiro atoms. The van der Waals surface area contributed by atoms with E-state index in [-0.39, 0.29) is 11.0 Å². The van der Waals surface area contributed by atoms with Crippen LogP contribution in [0.25, 0.3) is 0 Å². The van der Waals surface area contributed by atoms with Crippen LogP contribution in [0.15, 0.2) is 54.6 Å². The molecule has 0 amide bonds. The first-order chi connectivity index (χ1) is 9.15. The van der Waals surface area contributed by atoms with Gasteiger partial charge in [-0.05, 0) is 55.5 Å². The van der Waals surface area contributed by atoms with Crippen molar-refractivity contribution in [1.82, 2.24) is 0 Å². The van der Waals surface area contributed by atoms with E-state index < -0.39 is 0 Å². The molecular formula is C15H13NO2S. The fourth-order valence-electron chi connectivity index (χ4n) is 1.53. The average molecular weight is 271 g/mol. The molecule has 0 fully saturated rings. The Balaban J connectivity index is 1.97. The lowest BCUT2D eigenvalue weighted by Crippen LogP contribution is -2.16. The van der Waals surface area contributed by atoms with E-state index in [4.69, 9.17) is 17.0 Å². The Morgan fingerprint density at radius 3 is 2.26 bits per heavy atom. The van der Waals surface area contributed by atoms with Gasteiger partial charge in [0.2, 0.25) is 0 Å². The molecule has 19 heavy (non-hydrogen) atoms. The molecule has 2 rings (SSSR count). The van der Waals surface area contributed by atoms with E-state index in [0.717, 1.165) is 5.69 Å². The van der Waals surface area contributed by atoms with Crippen molar-refractivity contribution in [3.8, 4) is 5.75 Å². The number of carbonyl (C=O) groups is 1. The maximum absolute atomic E-state index is 11.1. The molecule has 0 saturated carbocycles. The van der Waals surface area contributed by atoms with Gasteiger partial charge in [0.15, 0.2) is 5.78 Å². The summed E-state index contributed by atoms with van der Waals surface area (Å²) in [6.45, 7) is 1.53. The summed E-state index contributed by atoms with van der Waals surface area (Å²) in [5.74, 6) is 0.718. The fraction of sp³-hybridized carbons (Fsp3) is 0.0667. The number of rotatable bonds is 3. The summed E-state index contributed by atoms with van der Waals surface area (Å²) in [4.78, 5) is 11.1. The lowest BCUT2D eigenvalue weighted by atomic mass is 10.1. The summed E-state index contributed by atoms with van der Waals surface area (Å²) < 4.78 is 5.45. The van der Waals surface area contributed by atoms with Crippen LogP contribution in [0.5, 0.6) is 5.75 Å². The van der Waals surface area contributed by atoms with Crippen LogP contribution in [0.4, 0.5) is 5.69 Å². The van der Waals surface area contributed by atoms with Gasteiger partial charge < -0.3 is 10.1 Å².